The average molecular weight is 293 g/mol. The third kappa shape index (κ3) is 4.70. The zero-order valence-electron chi connectivity index (χ0n) is 13.4. The molecule has 0 spiro atoms. The molecule has 0 aromatic heterocycles. The third-order valence-electron chi connectivity index (χ3n) is 3.76. The summed E-state index contributed by atoms with van der Waals surface area (Å²) in [5.41, 5.74) is 2.38. The van der Waals surface area contributed by atoms with Gasteiger partial charge in [0.1, 0.15) is 5.75 Å². The third-order valence-corrected chi connectivity index (χ3v) is 3.76. The van der Waals surface area contributed by atoms with Crippen LogP contribution in [0, 0.1) is 0 Å². The highest BCUT2D eigenvalue weighted by molar-refractivity contribution is 5.38. The second kappa shape index (κ2) is 8.37. The molecule has 118 valence electrons. The second-order valence-electron chi connectivity index (χ2n) is 5.38. The lowest BCUT2D eigenvalue weighted by molar-refractivity contribution is 0.0306. The molecule has 1 heterocycles. The molecule has 2 atom stereocenters. The molecule has 1 fully saturated rings. The van der Waals surface area contributed by atoms with Gasteiger partial charge in [-0.1, -0.05) is 13.0 Å². The van der Waals surface area contributed by atoms with Gasteiger partial charge in [0.2, 0.25) is 0 Å². The Labute approximate surface area is 127 Å². The number of hydrogen-bond donors (Lipinski definition) is 1. The Hall–Kier alpha value is -1.10. The monoisotopic (exact) mass is 293 g/mol. The molecule has 21 heavy (non-hydrogen) atoms. The van der Waals surface area contributed by atoms with Gasteiger partial charge in [-0.15, -0.1) is 0 Å². The summed E-state index contributed by atoms with van der Waals surface area (Å²) in [5, 5.41) is 3.44. The van der Waals surface area contributed by atoms with Crippen LogP contribution in [0.1, 0.15) is 44.4 Å². The summed E-state index contributed by atoms with van der Waals surface area (Å²) in [4.78, 5) is 0. The minimum absolute atomic E-state index is 0.217. The van der Waals surface area contributed by atoms with Gasteiger partial charge in [0.25, 0.3) is 0 Å². The molecular weight excluding hydrogens is 266 g/mol. The fraction of sp³-hybridized carbons (Fsp3) is 0.647. The van der Waals surface area contributed by atoms with Crippen molar-refractivity contribution in [3.8, 4) is 5.75 Å². The van der Waals surface area contributed by atoms with E-state index in [9.17, 15) is 0 Å². The molecule has 1 N–H and O–H groups in total. The van der Waals surface area contributed by atoms with Gasteiger partial charge in [0.05, 0.1) is 25.9 Å². The molecule has 1 saturated heterocycles. The van der Waals surface area contributed by atoms with Crippen molar-refractivity contribution in [2.75, 3.05) is 26.4 Å². The number of benzene rings is 1. The van der Waals surface area contributed by atoms with Crippen LogP contribution in [0.15, 0.2) is 18.2 Å². The Balaban J connectivity index is 2.07. The molecule has 1 aliphatic heterocycles. The van der Waals surface area contributed by atoms with Crippen LogP contribution >= 0.6 is 0 Å². The van der Waals surface area contributed by atoms with Crippen LogP contribution in [0.25, 0.3) is 0 Å². The van der Waals surface area contributed by atoms with Gasteiger partial charge in [0, 0.05) is 18.2 Å². The van der Waals surface area contributed by atoms with E-state index in [1.54, 1.807) is 0 Å². The van der Waals surface area contributed by atoms with E-state index in [1.165, 1.54) is 5.56 Å². The zero-order valence-corrected chi connectivity index (χ0v) is 13.4. The average Bonchev–Trinajstić information content (AvgIpc) is 3.00. The first-order chi connectivity index (χ1) is 10.2. The Bertz CT molecular complexity index is 430. The van der Waals surface area contributed by atoms with E-state index in [4.69, 9.17) is 14.2 Å². The lowest BCUT2D eigenvalue weighted by atomic mass is 10.0. The highest BCUT2D eigenvalue weighted by Gasteiger charge is 2.17. The lowest BCUT2D eigenvalue weighted by Gasteiger charge is -2.18. The van der Waals surface area contributed by atoms with Gasteiger partial charge < -0.3 is 19.5 Å². The summed E-state index contributed by atoms with van der Waals surface area (Å²) in [5.74, 6) is 0.920. The summed E-state index contributed by atoms with van der Waals surface area (Å²) in [6.45, 7) is 10.0. The van der Waals surface area contributed by atoms with Gasteiger partial charge >= 0.3 is 0 Å². The molecule has 2 unspecified atom stereocenters. The largest absolute Gasteiger partial charge is 0.494 e. The number of nitrogens with one attached hydrogen (secondary N) is 1. The number of ether oxygens (including phenoxy) is 3. The van der Waals surface area contributed by atoms with Crippen LogP contribution < -0.4 is 10.1 Å². The Kier molecular flexibility index (Phi) is 6.49. The fourth-order valence-corrected chi connectivity index (χ4v) is 2.55. The Morgan fingerprint density at radius 1 is 1.38 bits per heavy atom. The molecule has 0 bridgehead atoms. The second-order valence-corrected chi connectivity index (χ2v) is 5.38. The van der Waals surface area contributed by atoms with Crippen molar-refractivity contribution < 1.29 is 14.2 Å². The van der Waals surface area contributed by atoms with E-state index in [0.29, 0.717) is 25.9 Å². The molecule has 0 radical (unpaired) electrons. The molecule has 1 aromatic carbocycles. The van der Waals surface area contributed by atoms with E-state index in [-0.39, 0.29) is 6.10 Å². The van der Waals surface area contributed by atoms with Crippen LogP contribution in [0.5, 0.6) is 5.75 Å². The highest BCUT2D eigenvalue weighted by Crippen LogP contribution is 2.25. The molecule has 1 aromatic rings. The summed E-state index contributed by atoms with van der Waals surface area (Å²) in [6, 6.07) is 6.70. The first kappa shape index (κ1) is 16.3. The van der Waals surface area contributed by atoms with Crippen molar-refractivity contribution in [3.63, 3.8) is 0 Å². The Morgan fingerprint density at radius 3 is 2.90 bits per heavy atom. The standard InChI is InChI=1S/C17H27NO3/c1-4-18-13(3)14-6-7-17(20-5-2)15(10-14)11-21-16-8-9-19-12-16/h6-7,10,13,16,18H,4-5,8-9,11-12H2,1-3H3. The van der Waals surface area contributed by atoms with E-state index in [1.807, 2.05) is 6.92 Å². The van der Waals surface area contributed by atoms with E-state index in [0.717, 1.165) is 30.9 Å². The summed E-state index contributed by atoms with van der Waals surface area (Å²) in [7, 11) is 0. The van der Waals surface area contributed by atoms with Crippen molar-refractivity contribution in [1.29, 1.82) is 0 Å². The van der Waals surface area contributed by atoms with Crippen LogP contribution in [-0.2, 0) is 16.1 Å². The predicted octanol–water partition coefficient (Wildman–Crippen LogP) is 3.06. The molecule has 0 saturated carbocycles. The first-order valence-electron chi connectivity index (χ1n) is 7.93. The highest BCUT2D eigenvalue weighted by atomic mass is 16.5. The fourth-order valence-electron chi connectivity index (χ4n) is 2.55. The lowest BCUT2D eigenvalue weighted by Crippen LogP contribution is -2.18. The van der Waals surface area contributed by atoms with Gasteiger partial charge in [-0.2, -0.15) is 0 Å². The first-order valence-corrected chi connectivity index (χ1v) is 7.93. The van der Waals surface area contributed by atoms with Crippen molar-refractivity contribution in [2.24, 2.45) is 0 Å². The van der Waals surface area contributed by atoms with Crippen molar-refractivity contribution in [3.05, 3.63) is 29.3 Å². The SMILES string of the molecule is CCNC(C)c1ccc(OCC)c(COC2CCOC2)c1. The van der Waals surface area contributed by atoms with Gasteiger partial charge in [-0.25, -0.2) is 0 Å². The molecule has 2 rings (SSSR count). The number of rotatable bonds is 8. The minimum Gasteiger partial charge on any atom is -0.494 e. The van der Waals surface area contributed by atoms with E-state index in [2.05, 4.69) is 37.4 Å². The van der Waals surface area contributed by atoms with Crippen LogP contribution in [-0.4, -0.2) is 32.5 Å². The molecular formula is C17H27NO3. The topological polar surface area (TPSA) is 39.7 Å². The van der Waals surface area contributed by atoms with Gasteiger partial charge in [0.15, 0.2) is 0 Å². The van der Waals surface area contributed by atoms with E-state index < -0.39 is 0 Å². The summed E-state index contributed by atoms with van der Waals surface area (Å²) >= 11 is 0. The predicted molar refractivity (Wildman–Crippen MR) is 83.7 cm³/mol. The molecule has 4 nitrogen and oxygen atoms in total. The van der Waals surface area contributed by atoms with Crippen molar-refractivity contribution in [1.82, 2.24) is 5.32 Å². The van der Waals surface area contributed by atoms with E-state index >= 15 is 0 Å². The summed E-state index contributed by atoms with van der Waals surface area (Å²) < 4.78 is 17.0. The van der Waals surface area contributed by atoms with Gasteiger partial charge in [-0.05, 0) is 44.5 Å². The Morgan fingerprint density at radius 2 is 2.24 bits per heavy atom. The smallest absolute Gasteiger partial charge is 0.124 e. The molecule has 0 amide bonds. The maximum atomic E-state index is 5.95. The summed E-state index contributed by atoms with van der Waals surface area (Å²) in [6.07, 6.45) is 1.20. The van der Waals surface area contributed by atoms with Crippen LogP contribution in [0.3, 0.4) is 0 Å². The van der Waals surface area contributed by atoms with Crippen molar-refractivity contribution >= 4 is 0 Å². The van der Waals surface area contributed by atoms with Crippen LogP contribution in [0.2, 0.25) is 0 Å². The normalized spacial score (nSPS) is 19.7. The van der Waals surface area contributed by atoms with Gasteiger partial charge in [-0.3, -0.25) is 0 Å². The molecule has 1 aliphatic rings. The maximum absolute atomic E-state index is 5.95. The molecule has 4 heteroatoms. The maximum Gasteiger partial charge on any atom is 0.124 e. The quantitative estimate of drug-likeness (QED) is 0.799. The molecule has 0 aliphatic carbocycles. The minimum atomic E-state index is 0.217. The van der Waals surface area contributed by atoms with Crippen LogP contribution in [0.4, 0.5) is 0 Å². The van der Waals surface area contributed by atoms with Crippen molar-refractivity contribution in [2.45, 2.75) is 45.9 Å². The number of hydrogen-bond acceptors (Lipinski definition) is 4. The zero-order chi connectivity index (χ0) is 15.1.